The number of fused-ring (bicyclic) bond motifs is 1. The molecule has 0 aromatic heterocycles. The minimum absolute atomic E-state index is 0.00953. The van der Waals surface area contributed by atoms with Crippen LogP contribution in [0.15, 0.2) is 48.6 Å². The number of hydrogen-bond acceptors (Lipinski definition) is 9. The number of carbonyl (C=O) groups excluding carboxylic acids is 3. The van der Waals surface area contributed by atoms with E-state index in [0.717, 1.165) is 6.42 Å². The van der Waals surface area contributed by atoms with Gasteiger partial charge in [0.15, 0.2) is 5.84 Å². The van der Waals surface area contributed by atoms with Crippen molar-refractivity contribution in [3.63, 3.8) is 0 Å². The number of rotatable bonds is 8. The Hall–Kier alpha value is -3.69. The summed E-state index contributed by atoms with van der Waals surface area (Å²) < 4.78 is 5.74. The first-order chi connectivity index (χ1) is 13.9. The van der Waals surface area contributed by atoms with E-state index >= 15 is 0 Å². The van der Waals surface area contributed by atoms with Crippen LogP contribution in [-0.4, -0.2) is 47.7 Å². The summed E-state index contributed by atoms with van der Waals surface area (Å²) in [5.41, 5.74) is 0.862. The Morgan fingerprint density at radius 1 is 1.17 bits per heavy atom. The van der Waals surface area contributed by atoms with Crippen molar-refractivity contribution < 1.29 is 19.1 Å². The van der Waals surface area contributed by atoms with Crippen LogP contribution in [0.3, 0.4) is 0 Å². The summed E-state index contributed by atoms with van der Waals surface area (Å²) in [6.07, 6.45) is 2.08. The highest BCUT2D eigenvalue weighted by Gasteiger charge is 2.29. The Bertz CT molecular complexity index is 1020. The average molecular weight is 394 g/mol. The molecule has 2 aliphatic rings. The van der Waals surface area contributed by atoms with Gasteiger partial charge in [0.1, 0.15) is 23.2 Å². The molecule has 1 aromatic carbocycles. The van der Waals surface area contributed by atoms with Crippen molar-refractivity contribution in [2.75, 3.05) is 6.61 Å². The largest absolute Gasteiger partial charge is 0.493 e. The van der Waals surface area contributed by atoms with Crippen molar-refractivity contribution in [3.05, 3.63) is 23.8 Å². The molecule has 0 N–H and O–H groups in total. The Morgan fingerprint density at radius 3 is 2.62 bits per heavy atom. The van der Waals surface area contributed by atoms with Crippen molar-refractivity contribution in [1.29, 1.82) is 0 Å². The SMILES string of the molecule is CCCOc1ccc(N=CC(C(C)=O)C(C)=O)cc1C1=NC(=O)C2=NN=NC2=N1. The van der Waals surface area contributed by atoms with Crippen molar-refractivity contribution in [1.82, 2.24) is 0 Å². The van der Waals surface area contributed by atoms with Crippen LogP contribution in [0.4, 0.5) is 5.69 Å². The molecule has 0 aliphatic carbocycles. The fraction of sp³-hybridized carbons (Fsp3) is 0.316. The molecule has 0 fully saturated rings. The van der Waals surface area contributed by atoms with Crippen molar-refractivity contribution >= 4 is 46.8 Å². The Morgan fingerprint density at radius 2 is 1.93 bits per heavy atom. The predicted molar refractivity (Wildman–Crippen MR) is 107 cm³/mol. The van der Waals surface area contributed by atoms with Crippen LogP contribution in [-0.2, 0) is 14.4 Å². The number of ketones is 2. The maximum absolute atomic E-state index is 12.2. The molecule has 29 heavy (non-hydrogen) atoms. The standard InChI is InChI=1S/C19H18N6O4/c1-4-7-29-15-6-5-12(20-9-14(10(2)26)11(3)27)8-13(15)17-21-18-16(19(28)22-17)23-25-24-18/h5-6,8-9,14H,4,7H2,1-3H3. The summed E-state index contributed by atoms with van der Waals surface area (Å²) in [7, 11) is 0. The fourth-order valence-corrected chi connectivity index (χ4v) is 2.58. The molecule has 1 amide bonds. The van der Waals surface area contributed by atoms with Gasteiger partial charge in [-0.2, -0.15) is 4.99 Å². The van der Waals surface area contributed by atoms with Gasteiger partial charge in [-0.15, -0.1) is 10.2 Å². The molecule has 0 saturated heterocycles. The second kappa shape index (κ2) is 8.55. The molecule has 0 radical (unpaired) electrons. The zero-order chi connectivity index (χ0) is 21.0. The molecule has 10 nitrogen and oxygen atoms in total. The molecule has 0 spiro atoms. The highest BCUT2D eigenvalue weighted by Crippen LogP contribution is 2.27. The van der Waals surface area contributed by atoms with Crippen LogP contribution in [0, 0.1) is 5.92 Å². The van der Waals surface area contributed by atoms with Gasteiger partial charge in [0.2, 0.25) is 11.5 Å². The molecule has 3 rings (SSSR count). The first-order valence-corrected chi connectivity index (χ1v) is 8.93. The van der Waals surface area contributed by atoms with Crippen molar-refractivity contribution in [2.24, 2.45) is 36.3 Å². The molecule has 0 bridgehead atoms. The molecular formula is C19H18N6O4. The molecule has 2 aliphatic heterocycles. The average Bonchev–Trinajstić information content (AvgIpc) is 3.15. The smallest absolute Gasteiger partial charge is 0.303 e. The number of benzene rings is 1. The van der Waals surface area contributed by atoms with Gasteiger partial charge >= 0.3 is 5.91 Å². The maximum Gasteiger partial charge on any atom is 0.303 e. The summed E-state index contributed by atoms with van der Waals surface area (Å²) in [5, 5.41) is 10.8. The number of aliphatic imine (C=N–C) groups is 3. The fourth-order valence-electron chi connectivity index (χ4n) is 2.58. The zero-order valence-corrected chi connectivity index (χ0v) is 16.1. The van der Waals surface area contributed by atoms with Gasteiger partial charge in [-0.25, -0.2) is 4.99 Å². The van der Waals surface area contributed by atoms with Crippen LogP contribution in [0.25, 0.3) is 0 Å². The Labute approximate surface area is 166 Å². The molecule has 2 heterocycles. The van der Waals surface area contributed by atoms with Gasteiger partial charge in [-0.05, 0) is 43.7 Å². The number of nitrogens with zero attached hydrogens (tertiary/aromatic N) is 6. The van der Waals surface area contributed by atoms with E-state index in [1.807, 2.05) is 6.92 Å². The highest BCUT2D eigenvalue weighted by molar-refractivity contribution is 6.69. The molecule has 0 unspecified atom stereocenters. The van der Waals surface area contributed by atoms with Crippen molar-refractivity contribution in [3.8, 4) is 5.75 Å². The van der Waals surface area contributed by atoms with E-state index in [0.29, 0.717) is 23.6 Å². The lowest BCUT2D eigenvalue weighted by Gasteiger charge is -2.13. The number of amidine groups is 2. The summed E-state index contributed by atoms with van der Waals surface area (Å²) in [4.78, 5) is 47.8. The van der Waals surface area contributed by atoms with E-state index in [4.69, 9.17) is 4.74 Å². The number of hydrogen-bond donors (Lipinski definition) is 0. The molecule has 148 valence electrons. The Balaban J connectivity index is 2.00. The normalized spacial score (nSPS) is 15.3. The number of ether oxygens (including phenoxy) is 1. The lowest BCUT2D eigenvalue weighted by atomic mass is 10.0. The zero-order valence-electron chi connectivity index (χ0n) is 16.1. The topological polar surface area (TPSA) is 135 Å². The van der Waals surface area contributed by atoms with Crippen LogP contribution >= 0.6 is 0 Å². The number of Topliss-reactive ketones (excluding diaryl/α,β-unsaturated/α-hetero) is 2. The lowest BCUT2D eigenvalue weighted by Crippen LogP contribution is -2.26. The molecule has 0 saturated carbocycles. The summed E-state index contributed by atoms with van der Waals surface area (Å²) in [6.45, 7) is 5.08. The molecule has 1 aromatic rings. The summed E-state index contributed by atoms with van der Waals surface area (Å²) in [6, 6.07) is 4.95. The Kier molecular flexibility index (Phi) is 5.91. The maximum atomic E-state index is 12.2. The van der Waals surface area contributed by atoms with Crippen LogP contribution in [0.5, 0.6) is 5.75 Å². The first kappa shape index (κ1) is 20.1. The van der Waals surface area contributed by atoms with E-state index in [9.17, 15) is 14.4 Å². The van der Waals surface area contributed by atoms with Crippen LogP contribution in [0.2, 0.25) is 0 Å². The second-order valence-corrected chi connectivity index (χ2v) is 6.32. The first-order valence-electron chi connectivity index (χ1n) is 8.93. The van der Waals surface area contributed by atoms with E-state index < -0.39 is 11.8 Å². The van der Waals surface area contributed by atoms with Crippen LogP contribution in [0.1, 0.15) is 32.8 Å². The van der Waals surface area contributed by atoms with Gasteiger partial charge in [0.05, 0.1) is 17.9 Å². The minimum atomic E-state index is -0.916. The van der Waals surface area contributed by atoms with Gasteiger partial charge in [0, 0.05) is 6.21 Å². The molecule has 10 heteroatoms. The van der Waals surface area contributed by atoms with Gasteiger partial charge in [-0.1, -0.05) is 6.92 Å². The van der Waals surface area contributed by atoms with Gasteiger partial charge in [-0.3, -0.25) is 19.4 Å². The van der Waals surface area contributed by atoms with E-state index in [2.05, 4.69) is 30.4 Å². The van der Waals surface area contributed by atoms with E-state index in [-0.39, 0.29) is 28.9 Å². The second-order valence-electron chi connectivity index (χ2n) is 6.32. The predicted octanol–water partition coefficient (Wildman–Crippen LogP) is 2.48. The number of amides is 1. The third-order valence-corrected chi connectivity index (χ3v) is 4.03. The highest BCUT2D eigenvalue weighted by atomic mass is 16.5. The lowest BCUT2D eigenvalue weighted by molar-refractivity contribution is -0.127. The van der Waals surface area contributed by atoms with E-state index in [1.165, 1.54) is 20.1 Å². The molecular weight excluding hydrogens is 376 g/mol. The van der Waals surface area contributed by atoms with Crippen LogP contribution < -0.4 is 4.74 Å². The van der Waals surface area contributed by atoms with E-state index in [1.54, 1.807) is 18.2 Å². The third-order valence-electron chi connectivity index (χ3n) is 4.03. The quantitative estimate of drug-likeness (QED) is 0.494. The third kappa shape index (κ3) is 4.42. The molecule has 0 atom stereocenters. The van der Waals surface area contributed by atoms with Gasteiger partial charge in [0.25, 0.3) is 0 Å². The summed E-state index contributed by atoms with van der Waals surface area (Å²) >= 11 is 0. The van der Waals surface area contributed by atoms with Gasteiger partial charge < -0.3 is 4.74 Å². The summed E-state index contributed by atoms with van der Waals surface area (Å²) in [5.74, 6) is -1.45. The monoisotopic (exact) mass is 394 g/mol. The number of carbonyl (C=O) groups is 3. The van der Waals surface area contributed by atoms with Crippen molar-refractivity contribution in [2.45, 2.75) is 27.2 Å². The minimum Gasteiger partial charge on any atom is -0.493 e.